The Labute approximate surface area is 69.9 Å². The molecule has 0 fully saturated rings. The standard InChI is InChI=1S/C10H10Si/c1-4-9-7-5-6-8-10(9)11(2)3/h5-8H,2-3H3. The van der Waals surface area contributed by atoms with Crippen molar-refractivity contribution in [1.82, 2.24) is 0 Å². The van der Waals surface area contributed by atoms with Gasteiger partial charge in [-0.25, -0.2) is 0 Å². The minimum absolute atomic E-state index is 0.437. The molecule has 0 saturated heterocycles. The van der Waals surface area contributed by atoms with Crippen molar-refractivity contribution < 1.29 is 0 Å². The highest BCUT2D eigenvalue weighted by Crippen LogP contribution is 2.07. The summed E-state index contributed by atoms with van der Waals surface area (Å²) < 4.78 is 0. The van der Waals surface area contributed by atoms with Gasteiger partial charge in [0.05, 0.1) is 0 Å². The Morgan fingerprint density at radius 3 is 2.55 bits per heavy atom. The maximum Gasteiger partial charge on any atom is 0.0246 e. The predicted molar refractivity (Wildman–Crippen MR) is 51.1 cm³/mol. The fraction of sp³-hybridized carbons (Fsp3) is 0.200. The molecular weight excluding hydrogens is 148 g/mol. The van der Waals surface area contributed by atoms with Crippen LogP contribution in [0.25, 0.3) is 0 Å². The number of hydrogen-bond donors (Lipinski definition) is 0. The van der Waals surface area contributed by atoms with Crippen LogP contribution in [0, 0.1) is 18.8 Å². The van der Waals surface area contributed by atoms with Gasteiger partial charge in [-0.05, 0) is 17.7 Å². The van der Waals surface area contributed by atoms with Gasteiger partial charge in [-0.3, -0.25) is 0 Å². The largest absolute Gasteiger partial charge is 0.0764 e. The Kier molecular flexibility index (Phi) is 2.62. The molecular formula is C10H10Si. The SMILES string of the molecule is [C]#CC1=CC=C[CH]C1=[Si](C)C. The van der Waals surface area contributed by atoms with Crippen molar-refractivity contribution in [1.29, 1.82) is 0 Å². The Morgan fingerprint density at radius 2 is 2.09 bits per heavy atom. The van der Waals surface area contributed by atoms with Gasteiger partial charge >= 0.3 is 0 Å². The Hall–Kier alpha value is -0.873. The summed E-state index contributed by atoms with van der Waals surface area (Å²) in [5, 5.41) is 1.30. The molecule has 1 heteroatoms. The first-order valence-corrected chi connectivity index (χ1v) is 6.08. The maximum absolute atomic E-state index is 7.04. The minimum Gasteiger partial charge on any atom is -0.0764 e. The molecule has 2 radical (unpaired) electrons. The normalized spacial score (nSPS) is 15.7. The Bertz CT molecular complexity index is 280. The third kappa shape index (κ3) is 1.78. The molecule has 0 aromatic carbocycles. The number of hydrogen-bond acceptors (Lipinski definition) is 0. The molecule has 0 aliphatic heterocycles. The van der Waals surface area contributed by atoms with Crippen LogP contribution in [0.4, 0.5) is 0 Å². The van der Waals surface area contributed by atoms with E-state index in [1.807, 2.05) is 18.2 Å². The molecule has 1 aliphatic rings. The summed E-state index contributed by atoms with van der Waals surface area (Å²) in [7, 11) is -0.437. The zero-order chi connectivity index (χ0) is 8.27. The van der Waals surface area contributed by atoms with Crippen LogP contribution in [0.1, 0.15) is 0 Å². The maximum atomic E-state index is 7.04. The summed E-state index contributed by atoms with van der Waals surface area (Å²) in [6.45, 7) is 4.45. The van der Waals surface area contributed by atoms with Crippen LogP contribution in [-0.2, 0) is 0 Å². The molecule has 11 heavy (non-hydrogen) atoms. The molecule has 0 saturated carbocycles. The lowest BCUT2D eigenvalue weighted by Crippen LogP contribution is -2.13. The van der Waals surface area contributed by atoms with E-state index in [1.165, 1.54) is 5.17 Å². The molecule has 0 nitrogen and oxygen atoms in total. The van der Waals surface area contributed by atoms with Crippen molar-refractivity contribution in [2.75, 3.05) is 0 Å². The van der Waals surface area contributed by atoms with Crippen LogP contribution in [0.15, 0.2) is 23.8 Å². The van der Waals surface area contributed by atoms with E-state index in [2.05, 4.69) is 25.4 Å². The first kappa shape index (κ1) is 8.23. The van der Waals surface area contributed by atoms with Gasteiger partial charge in [-0.2, -0.15) is 0 Å². The summed E-state index contributed by atoms with van der Waals surface area (Å²) in [6.07, 6.45) is 15.0. The number of rotatable bonds is 0. The minimum atomic E-state index is -0.437. The van der Waals surface area contributed by atoms with Crippen molar-refractivity contribution in [3.05, 3.63) is 36.6 Å². The molecule has 1 aliphatic carbocycles. The lowest BCUT2D eigenvalue weighted by atomic mass is 10.1. The fourth-order valence-electron chi connectivity index (χ4n) is 1.03. The first-order valence-electron chi connectivity index (χ1n) is 3.58. The highest BCUT2D eigenvalue weighted by Gasteiger charge is 2.05. The highest BCUT2D eigenvalue weighted by molar-refractivity contribution is 6.74. The molecule has 0 amide bonds. The van der Waals surface area contributed by atoms with Gasteiger partial charge in [0.2, 0.25) is 0 Å². The van der Waals surface area contributed by atoms with E-state index in [0.717, 1.165) is 5.57 Å². The molecule has 0 heterocycles. The van der Waals surface area contributed by atoms with Crippen LogP contribution < -0.4 is 0 Å². The zero-order valence-electron chi connectivity index (χ0n) is 6.81. The highest BCUT2D eigenvalue weighted by atomic mass is 28.2. The molecule has 0 bridgehead atoms. The second-order valence-electron chi connectivity index (χ2n) is 2.67. The summed E-state index contributed by atoms with van der Waals surface area (Å²) in [4.78, 5) is 0. The van der Waals surface area contributed by atoms with E-state index in [4.69, 9.17) is 6.42 Å². The van der Waals surface area contributed by atoms with Crippen LogP contribution in [0.5, 0.6) is 0 Å². The average Bonchev–Trinajstić information content (AvgIpc) is 2.04. The second kappa shape index (κ2) is 3.50. The summed E-state index contributed by atoms with van der Waals surface area (Å²) in [6, 6.07) is 0. The zero-order valence-corrected chi connectivity index (χ0v) is 7.81. The van der Waals surface area contributed by atoms with Gasteiger partial charge in [0.15, 0.2) is 0 Å². The van der Waals surface area contributed by atoms with Crippen molar-refractivity contribution >= 4 is 13.6 Å². The molecule has 0 aromatic heterocycles. The van der Waals surface area contributed by atoms with Gasteiger partial charge in [0.25, 0.3) is 0 Å². The lowest BCUT2D eigenvalue weighted by Gasteiger charge is -2.08. The van der Waals surface area contributed by atoms with E-state index in [0.29, 0.717) is 0 Å². The van der Waals surface area contributed by atoms with Crippen LogP contribution >= 0.6 is 0 Å². The molecule has 0 spiro atoms. The molecule has 0 N–H and O–H groups in total. The topological polar surface area (TPSA) is 0 Å². The van der Waals surface area contributed by atoms with Gasteiger partial charge in [0, 0.05) is 20.4 Å². The fourth-order valence-corrected chi connectivity index (χ4v) is 2.14. The molecule has 54 valence electrons. The number of allylic oxidation sites excluding steroid dienone is 4. The Morgan fingerprint density at radius 1 is 1.36 bits per heavy atom. The smallest absolute Gasteiger partial charge is 0.0246 e. The third-order valence-corrected chi connectivity index (χ3v) is 3.11. The van der Waals surface area contributed by atoms with E-state index in [9.17, 15) is 0 Å². The molecule has 0 aromatic rings. The van der Waals surface area contributed by atoms with E-state index in [1.54, 1.807) is 0 Å². The van der Waals surface area contributed by atoms with Crippen molar-refractivity contribution in [3.8, 4) is 5.92 Å². The second-order valence-corrected chi connectivity index (χ2v) is 5.21. The van der Waals surface area contributed by atoms with Crippen LogP contribution in [0.2, 0.25) is 13.1 Å². The van der Waals surface area contributed by atoms with Gasteiger partial charge < -0.3 is 0 Å². The van der Waals surface area contributed by atoms with Gasteiger partial charge in [-0.1, -0.05) is 31.2 Å². The molecule has 0 atom stereocenters. The monoisotopic (exact) mass is 158 g/mol. The van der Waals surface area contributed by atoms with Crippen molar-refractivity contribution in [2.45, 2.75) is 13.1 Å². The molecule has 0 unspecified atom stereocenters. The molecule has 1 rings (SSSR count). The summed E-state index contributed by atoms with van der Waals surface area (Å²) in [5.41, 5.74) is 0.950. The van der Waals surface area contributed by atoms with E-state index in [-0.39, 0.29) is 0 Å². The third-order valence-electron chi connectivity index (χ3n) is 1.60. The summed E-state index contributed by atoms with van der Waals surface area (Å²) in [5.74, 6) is 2.45. The van der Waals surface area contributed by atoms with Gasteiger partial charge in [0.1, 0.15) is 0 Å². The Balaban J connectivity index is 3.06. The lowest BCUT2D eigenvalue weighted by molar-refractivity contribution is 1.72. The van der Waals surface area contributed by atoms with Gasteiger partial charge in [-0.15, -0.1) is 0 Å². The predicted octanol–water partition coefficient (Wildman–Crippen LogP) is 1.79. The van der Waals surface area contributed by atoms with Crippen molar-refractivity contribution in [2.24, 2.45) is 0 Å². The van der Waals surface area contributed by atoms with Crippen molar-refractivity contribution in [3.63, 3.8) is 0 Å². The van der Waals surface area contributed by atoms with E-state index >= 15 is 0 Å². The summed E-state index contributed by atoms with van der Waals surface area (Å²) >= 11 is 0. The first-order chi connectivity index (χ1) is 5.25. The average molecular weight is 158 g/mol. The quantitative estimate of drug-likeness (QED) is 0.372. The van der Waals surface area contributed by atoms with E-state index < -0.39 is 8.41 Å². The van der Waals surface area contributed by atoms with Crippen LogP contribution in [-0.4, -0.2) is 13.6 Å². The van der Waals surface area contributed by atoms with Crippen LogP contribution in [0.3, 0.4) is 0 Å².